The van der Waals surface area contributed by atoms with E-state index in [1.807, 2.05) is 0 Å². The van der Waals surface area contributed by atoms with Gasteiger partial charge in [0.05, 0.1) is 5.92 Å². The molecule has 0 amide bonds. The Morgan fingerprint density at radius 2 is 1.68 bits per heavy atom. The van der Waals surface area contributed by atoms with Crippen LogP contribution in [0.25, 0.3) is 0 Å². The minimum absolute atomic E-state index is 0.00770. The van der Waals surface area contributed by atoms with Crippen molar-refractivity contribution in [3.63, 3.8) is 0 Å². The molecule has 1 saturated carbocycles. The minimum Gasteiger partial charge on any atom is -0.458 e. The van der Waals surface area contributed by atoms with Crippen molar-refractivity contribution in [2.24, 2.45) is 34.5 Å². The van der Waals surface area contributed by atoms with Gasteiger partial charge in [-0.05, 0) is 48.9 Å². The van der Waals surface area contributed by atoms with Crippen LogP contribution in [0, 0.1) is 34.5 Å². The van der Waals surface area contributed by atoms with Gasteiger partial charge in [-0.25, -0.2) is 0 Å². The van der Waals surface area contributed by atoms with E-state index in [1.54, 1.807) is 0 Å². The second-order valence-corrected chi connectivity index (χ2v) is 10.5. The monoisotopic (exact) mass is 352 g/mol. The van der Waals surface area contributed by atoms with E-state index in [1.165, 1.54) is 0 Å². The highest BCUT2D eigenvalue weighted by molar-refractivity contribution is 5.73. The van der Waals surface area contributed by atoms with Gasteiger partial charge >= 0.3 is 5.97 Å². The third-order valence-corrected chi connectivity index (χ3v) is 7.68. The molecule has 0 aromatic rings. The van der Waals surface area contributed by atoms with Crippen molar-refractivity contribution in [2.75, 3.05) is 0 Å². The Morgan fingerprint density at radius 1 is 1.12 bits per heavy atom. The summed E-state index contributed by atoms with van der Waals surface area (Å²) in [6.07, 6.45) is 5.16. The summed E-state index contributed by atoms with van der Waals surface area (Å²) in [6.45, 7) is 22.6. The number of carbonyl (C=O) groups is 1. The lowest BCUT2D eigenvalue weighted by Crippen LogP contribution is -2.50. The number of ether oxygens (including phenoxy) is 1. The molecule has 0 aromatic carbocycles. The number of unbranched alkanes of at least 4 members (excludes halogenated alkanes) is 1. The fourth-order valence-corrected chi connectivity index (χ4v) is 4.72. The van der Waals surface area contributed by atoms with Gasteiger partial charge in [-0.1, -0.05) is 75.7 Å². The molecule has 1 rings (SSSR count). The zero-order chi connectivity index (χ0) is 19.6. The first kappa shape index (κ1) is 22.5. The van der Waals surface area contributed by atoms with E-state index in [9.17, 15) is 4.79 Å². The van der Waals surface area contributed by atoms with Crippen LogP contribution < -0.4 is 0 Å². The van der Waals surface area contributed by atoms with Crippen molar-refractivity contribution in [1.82, 2.24) is 0 Å². The topological polar surface area (TPSA) is 26.3 Å². The molecule has 0 heterocycles. The Bertz CT molecular complexity index is 447. The molecule has 0 N–H and O–H groups in total. The quantitative estimate of drug-likeness (QED) is 0.445. The standard InChI is InChI=1S/C23H44O2/c1-11-12-13-23(15-18(6)21(7,8)22(23,9)10)25-20(24)19(17(4)5)14-16(2)3/h16-19H,11-15H2,1-10H3. The van der Waals surface area contributed by atoms with Crippen LogP contribution in [-0.4, -0.2) is 11.6 Å². The van der Waals surface area contributed by atoms with Crippen LogP contribution >= 0.6 is 0 Å². The largest absolute Gasteiger partial charge is 0.458 e. The molecule has 3 atom stereocenters. The molecule has 0 bridgehead atoms. The molecule has 25 heavy (non-hydrogen) atoms. The predicted molar refractivity (Wildman–Crippen MR) is 107 cm³/mol. The highest BCUT2D eigenvalue weighted by atomic mass is 16.6. The summed E-state index contributed by atoms with van der Waals surface area (Å²) < 4.78 is 6.51. The molecule has 1 aliphatic carbocycles. The summed E-state index contributed by atoms with van der Waals surface area (Å²) in [5, 5.41) is 0. The summed E-state index contributed by atoms with van der Waals surface area (Å²) in [5.41, 5.74) is -0.191. The van der Waals surface area contributed by atoms with Gasteiger partial charge in [0.2, 0.25) is 0 Å². The first-order chi connectivity index (χ1) is 11.3. The van der Waals surface area contributed by atoms with E-state index in [0.717, 1.165) is 32.1 Å². The van der Waals surface area contributed by atoms with Crippen molar-refractivity contribution in [2.45, 2.75) is 107 Å². The van der Waals surface area contributed by atoms with Crippen LogP contribution in [0.3, 0.4) is 0 Å². The lowest BCUT2D eigenvalue weighted by molar-refractivity contribution is -0.184. The van der Waals surface area contributed by atoms with E-state index in [0.29, 0.717) is 17.8 Å². The summed E-state index contributed by atoms with van der Waals surface area (Å²) >= 11 is 0. The average molecular weight is 353 g/mol. The maximum atomic E-state index is 13.2. The maximum Gasteiger partial charge on any atom is 0.309 e. The molecule has 148 valence electrons. The van der Waals surface area contributed by atoms with Crippen LogP contribution in [0.4, 0.5) is 0 Å². The Hall–Kier alpha value is -0.530. The lowest BCUT2D eigenvalue weighted by Gasteiger charge is -2.48. The summed E-state index contributed by atoms with van der Waals surface area (Å²) in [7, 11) is 0. The summed E-state index contributed by atoms with van der Waals surface area (Å²) in [6, 6.07) is 0. The second kappa shape index (κ2) is 8.01. The molecule has 3 unspecified atom stereocenters. The molecule has 1 aliphatic rings. The molecule has 2 heteroatoms. The molecule has 0 aromatic heterocycles. The van der Waals surface area contributed by atoms with Crippen molar-refractivity contribution >= 4 is 5.97 Å². The van der Waals surface area contributed by atoms with E-state index >= 15 is 0 Å². The second-order valence-electron chi connectivity index (χ2n) is 10.5. The number of esters is 1. The fourth-order valence-electron chi connectivity index (χ4n) is 4.72. The van der Waals surface area contributed by atoms with Crippen LogP contribution in [0.5, 0.6) is 0 Å². The number of carbonyl (C=O) groups excluding carboxylic acids is 1. The smallest absolute Gasteiger partial charge is 0.309 e. The number of hydrogen-bond acceptors (Lipinski definition) is 2. The predicted octanol–water partition coefficient (Wildman–Crippen LogP) is 6.87. The third-order valence-electron chi connectivity index (χ3n) is 7.68. The number of hydrogen-bond donors (Lipinski definition) is 0. The molecule has 2 nitrogen and oxygen atoms in total. The Balaban J connectivity index is 3.18. The van der Waals surface area contributed by atoms with Crippen LogP contribution in [0.1, 0.15) is 101 Å². The molecule has 0 spiro atoms. The average Bonchev–Trinajstić information content (AvgIpc) is 2.60. The molecule has 0 radical (unpaired) electrons. The van der Waals surface area contributed by atoms with Gasteiger partial charge in [0.15, 0.2) is 0 Å². The first-order valence-corrected chi connectivity index (χ1v) is 10.5. The normalized spacial score (nSPS) is 29.2. The molecule has 1 fully saturated rings. The number of rotatable bonds is 8. The summed E-state index contributed by atoms with van der Waals surface area (Å²) in [4.78, 5) is 13.2. The van der Waals surface area contributed by atoms with E-state index in [2.05, 4.69) is 69.2 Å². The van der Waals surface area contributed by atoms with Gasteiger partial charge < -0.3 is 4.74 Å². The lowest BCUT2D eigenvalue weighted by atomic mass is 9.62. The highest BCUT2D eigenvalue weighted by Crippen LogP contribution is 2.63. The highest BCUT2D eigenvalue weighted by Gasteiger charge is 2.63. The van der Waals surface area contributed by atoms with Gasteiger partial charge in [0.25, 0.3) is 0 Å². The van der Waals surface area contributed by atoms with Gasteiger partial charge in [-0.3, -0.25) is 4.79 Å². The van der Waals surface area contributed by atoms with Crippen LogP contribution in [0.2, 0.25) is 0 Å². The van der Waals surface area contributed by atoms with Crippen LogP contribution in [0.15, 0.2) is 0 Å². The van der Waals surface area contributed by atoms with Gasteiger partial charge in [0.1, 0.15) is 5.60 Å². The molecular formula is C23H44O2. The Kier molecular flexibility index (Phi) is 7.21. The van der Waals surface area contributed by atoms with Gasteiger partial charge in [-0.2, -0.15) is 0 Å². The fraction of sp³-hybridized carbons (Fsp3) is 0.957. The van der Waals surface area contributed by atoms with Gasteiger partial charge in [-0.15, -0.1) is 0 Å². The van der Waals surface area contributed by atoms with E-state index < -0.39 is 0 Å². The van der Waals surface area contributed by atoms with E-state index in [4.69, 9.17) is 4.74 Å². The Morgan fingerprint density at radius 3 is 2.04 bits per heavy atom. The molecule has 0 aliphatic heterocycles. The third kappa shape index (κ3) is 4.25. The van der Waals surface area contributed by atoms with Crippen molar-refractivity contribution in [3.05, 3.63) is 0 Å². The SMILES string of the molecule is CCCCC1(OC(=O)C(CC(C)C)C(C)C)CC(C)C(C)(C)C1(C)C. The first-order valence-electron chi connectivity index (χ1n) is 10.5. The van der Waals surface area contributed by atoms with Crippen molar-refractivity contribution < 1.29 is 9.53 Å². The zero-order valence-corrected chi connectivity index (χ0v) is 18.7. The zero-order valence-electron chi connectivity index (χ0n) is 18.7. The van der Waals surface area contributed by atoms with E-state index in [-0.39, 0.29) is 28.3 Å². The molecule has 0 saturated heterocycles. The minimum atomic E-state index is -0.326. The van der Waals surface area contributed by atoms with Crippen LogP contribution in [-0.2, 0) is 9.53 Å². The maximum absolute atomic E-state index is 13.2. The van der Waals surface area contributed by atoms with Crippen molar-refractivity contribution in [1.29, 1.82) is 0 Å². The molecular weight excluding hydrogens is 308 g/mol. The Labute approximate surface area is 157 Å². The van der Waals surface area contributed by atoms with Gasteiger partial charge in [0, 0.05) is 5.41 Å². The van der Waals surface area contributed by atoms with Crippen molar-refractivity contribution in [3.8, 4) is 0 Å². The summed E-state index contributed by atoms with van der Waals surface area (Å²) in [5.74, 6) is 1.44.